The molecule has 0 aromatic heterocycles. The fraction of sp³-hybridized carbons (Fsp3) is 0.239. The molecule has 3 aliphatic rings. The molecule has 3 nitrogen and oxygen atoms in total. The van der Waals surface area contributed by atoms with E-state index < -0.39 is 0 Å². The molecule has 0 spiro atoms. The summed E-state index contributed by atoms with van der Waals surface area (Å²) in [6, 6.07) is 75.9. The summed E-state index contributed by atoms with van der Waals surface area (Å²) >= 11 is 0. The lowest BCUT2D eigenvalue weighted by atomic mass is 9.33. The van der Waals surface area contributed by atoms with Crippen LogP contribution in [0.1, 0.15) is 110 Å². The van der Waals surface area contributed by atoms with Crippen molar-refractivity contribution < 1.29 is 0 Å². The smallest absolute Gasteiger partial charge is 0.252 e. The van der Waals surface area contributed by atoms with Gasteiger partial charge in [0.25, 0.3) is 6.71 Å². The third-order valence-electron chi connectivity index (χ3n) is 16.9. The van der Waals surface area contributed by atoms with Crippen molar-refractivity contribution in [1.82, 2.24) is 0 Å². The Kier molecular flexibility index (Phi) is 11.5. The average molecular weight is 976 g/mol. The van der Waals surface area contributed by atoms with Crippen LogP contribution >= 0.6 is 0 Å². The van der Waals surface area contributed by atoms with E-state index in [0.29, 0.717) is 0 Å². The first-order valence-electron chi connectivity index (χ1n) is 27.3. The van der Waals surface area contributed by atoms with Crippen LogP contribution in [0, 0.1) is 6.92 Å². The largest absolute Gasteiger partial charge is 0.311 e. The highest BCUT2D eigenvalue weighted by molar-refractivity contribution is 7.00. The van der Waals surface area contributed by atoms with E-state index in [1.807, 2.05) is 0 Å². The molecule has 12 rings (SSSR count). The molecule has 0 radical (unpaired) electrons. The number of anilines is 9. The van der Waals surface area contributed by atoms with Crippen LogP contribution in [0.25, 0.3) is 22.3 Å². The maximum Gasteiger partial charge on any atom is 0.252 e. The minimum Gasteiger partial charge on any atom is -0.311 e. The van der Waals surface area contributed by atoms with Gasteiger partial charge in [0.2, 0.25) is 0 Å². The predicted octanol–water partition coefficient (Wildman–Crippen LogP) is 17.8. The second-order valence-corrected chi connectivity index (χ2v) is 25.0. The fourth-order valence-corrected chi connectivity index (χ4v) is 12.5. The minimum absolute atomic E-state index is 0.00377. The number of hydrogen-bond donors (Lipinski definition) is 0. The van der Waals surface area contributed by atoms with Crippen LogP contribution < -0.4 is 31.1 Å². The highest BCUT2D eigenvalue weighted by atomic mass is 15.2. The Morgan fingerprint density at radius 3 is 1.41 bits per heavy atom. The Labute approximate surface area is 447 Å². The summed E-state index contributed by atoms with van der Waals surface area (Å²) in [7, 11) is 0. The van der Waals surface area contributed by atoms with Crippen LogP contribution in [0.5, 0.6) is 0 Å². The Morgan fingerprint density at radius 2 is 0.867 bits per heavy atom. The third kappa shape index (κ3) is 8.29. The Bertz CT molecular complexity index is 3600. The molecule has 2 aliphatic heterocycles. The van der Waals surface area contributed by atoms with Crippen LogP contribution in [-0.2, 0) is 21.7 Å². The van der Waals surface area contributed by atoms with Crippen molar-refractivity contribution in [1.29, 1.82) is 0 Å². The lowest BCUT2D eigenvalue weighted by molar-refractivity contribution is 0.332. The van der Waals surface area contributed by atoms with Crippen LogP contribution in [0.2, 0.25) is 0 Å². The molecule has 75 heavy (non-hydrogen) atoms. The van der Waals surface area contributed by atoms with Gasteiger partial charge in [-0.3, -0.25) is 0 Å². The second-order valence-electron chi connectivity index (χ2n) is 25.0. The summed E-state index contributed by atoms with van der Waals surface area (Å²) in [5.74, 6) is 0. The van der Waals surface area contributed by atoms with Crippen LogP contribution in [0.4, 0.5) is 51.2 Å². The number of nitrogens with zero attached hydrogens (tertiary/aromatic N) is 3. The average Bonchev–Trinajstić information content (AvgIpc) is 3.43. The maximum atomic E-state index is 2.68. The first kappa shape index (κ1) is 48.4. The summed E-state index contributed by atoms with van der Waals surface area (Å²) in [4.78, 5) is 7.77. The number of fused-ring (bicyclic) bond motifs is 5. The molecule has 0 bridgehead atoms. The van der Waals surface area contributed by atoms with Gasteiger partial charge in [0.15, 0.2) is 0 Å². The molecule has 9 aromatic rings. The van der Waals surface area contributed by atoms with Gasteiger partial charge in [-0.2, -0.15) is 0 Å². The molecule has 9 aromatic carbocycles. The molecule has 0 amide bonds. The molecule has 4 heteroatoms. The highest BCUT2D eigenvalue weighted by Crippen LogP contribution is 2.53. The van der Waals surface area contributed by atoms with Crippen molar-refractivity contribution in [2.75, 3.05) is 14.7 Å². The third-order valence-corrected chi connectivity index (χ3v) is 16.9. The second kappa shape index (κ2) is 17.8. The summed E-state index contributed by atoms with van der Waals surface area (Å²) in [5.41, 5.74) is 26.1. The van der Waals surface area contributed by atoms with E-state index in [2.05, 4.69) is 291 Å². The molecule has 0 saturated carbocycles. The highest BCUT2D eigenvalue weighted by Gasteiger charge is 2.47. The fourth-order valence-electron chi connectivity index (χ4n) is 12.5. The van der Waals surface area contributed by atoms with Crippen molar-refractivity contribution in [3.8, 4) is 22.3 Å². The van der Waals surface area contributed by atoms with Crippen LogP contribution in [0.15, 0.2) is 200 Å². The normalized spacial score (nSPS) is 15.2. The van der Waals surface area contributed by atoms with E-state index in [-0.39, 0.29) is 28.4 Å². The van der Waals surface area contributed by atoms with E-state index in [0.717, 1.165) is 35.6 Å². The molecular formula is C71H70BN3. The quantitative estimate of drug-likeness (QED) is 0.147. The summed E-state index contributed by atoms with van der Waals surface area (Å²) in [6.07, 6.45) is 2.28. The van der Waals surface area contributed by atoms with E-state index in [1.54, 1.807) is 0 Å². The molecule has 0 atom stereocenters. The lowest BCUT2D eigenvalue weighted by Gasteiger charge is -2.48. The monoisotopic (exact) mass is 976 g/mol. The first-order valence-corrected chi connectivity index (χ1v) is 27.3. The van der Waals surface area contributed by atoms with Gasteiger partial charge in [-0.1, -0.05) is 197 Å². The van der Waals surface area contributed by atoms with E-state index in [4.69, 9.17) is 0 Å². The summed E-state index contributed by atoms with van der Waals surface area (Å²) in [6.45, 7) is 26.2. The van der Waals surface area contributed by atoms with Crippen molar-refractivity contribution >= 4 is 74.3 Å². The van der Waals surface area contributed by atoms with Crippen molar-refractivity contribution in [3.63, 3.8) is 0 Å². The molecular weight excluding hydrogens is 906 g/mol. The Morgan fingerprint density at radius 1 is 0.400 bits per heavy atom. The van der Waals surface area contributed by atoms with E-state index in [1.165, 1.54) is 94.9 Å². The Balaban J connectivity index is 1.25. The number of benzene rings is 9. The number of para-hydroxylation sites is 2. The van der Waals surface area contributed by atoms with Crippen LogP contribution in [-0.4, -0.2) is 6.71 Å². The van der Waals surface area contributed by atoms with Crippen LogP contribution in [0.3, 0.4) is 0 Å². The molecule has 0 saturated heterocycles. The van der Waals surface area contributed by atoms with Gasteiger partial charge < -0.3 is 14.7 Å². The van der Waals surface area contributed by atoms with E-state index in [9.17, 15) is 0 Å². The van der Waals surface area contributed by atoms with Gasteiger partial charge in [-0.05, 0) is 175 Å². The lowest BCUT2D eigenvalue weighted by Crippen LogP contribution is -2.62. The number of rotatable bonds is 7. The zero-order chi connectivity index (χ0) is 52.2. The first-order chi connectivity index (χ1) is 35.9. The van der Waals surface area contributed by atoms with Crippen molar-refractivity contribution in [2.24, 2.45) is 0 Å². The molecule has 372 valence electrons. The molecule has 2 heterocycles. The predicted molar refractivity (Wildman–Crippen MR) is 323 cm³/mol. The number of aryl methyl sites for hydroxylation is 1. The zero-order valence-corrected chi connectivity index (χ0v) is 45.9. The van der Waals surface area contributed by atoms with Gasteiger partial charge in [0, 0.05) is 45.4 Å². The zero-order valence-electron chi connectivity index (χ0n) is 45.9. The van der Waals surface area contributed by atoms with Gasteiger partial charge in [0.05, 0.1) is 11.4 Å². The summed E-state index contributed by atoms with van der Waals surface area (Å²) < 4.78 is 0. The SMILES string of the molecule is Cc1cc(-c2ccccc2)ccc1N1c2cc3c(cc2B2c4cc(C(C)(C)C)ccc4N(c4ccc(C(C)(C)C)cc4-c4ccccc4)c4cc(N(c5ccccc5)c5ccccc5)cc1c42)C(C)(C)CCC3(C)C. The van der Waals surface area contributed by atoms with Crippen molar-refractivity contribution in [2.45, 2.75) is 111 Å². The summed E-state index contributed by atoms with van der Waals surface area (Å²) in [5, 5.41) is 0. The number of hydrogen-bond acceptors (Lipinski definition) is 3. The van der Waals surface area contributed by atoms with Gasteiger partial charge in [-0.25, -0.2) is 0 Å². The molecule has 1 aliphatic carbocycles. The topological polar surface area (TPSA) is 9.72 Å². The molecule has 0 fully saturated rings. The minimum atomic E-state index is -0.0781. The maximum absolute atomic E-state index is 2.68. The molecule has 0 unspecified atom stereocenters. The van der Waals surface area contributed by atoms with Gasteiger partial charge in [0.1, 0.15) is 0 Å². The standard InChI is InChI=1S/C71H70BN3/c1-47-40-50(48-24-16-12-17-25-48)32-35-61(47)74-64-46-58-57(70(8,9)38-39-71(58,10)11)45-60(64)72-59-42-52(69(5,6)7)34-37-63(59)75(62-36-33-51(68(2,3)4)41-56(62)49-26-18-13-19-27-49)66-44-55(43-65(74)67(66)72)73(53-28-20-14-21-29-53)54-30-22-15-23-31-54/h12-37,40-46H,38-39H2,1-11H3. The Hall–Kier alpha value is -7.56. The molecule has 0 N–H and O–H groups in total. The van der Waals surface area contributed by atoms with Gasteiger partial charge >= 0.3 is 0 Å². The van der Waals surface area contributed by atoms with Crippen molar-refractivity contribution in [3.05, 3.63) is 228 Å². The van der Waals surface area contributed by atoms with E-state index >= 15 is 0 Å². The van der Waals surface area contributed by atoms with Gasteiger partial charge in [-0.15, -0.1) is 0 Å².